The van der Waals surface area contributed by atoms with Crippen LogP contribution in [0, 0.1) is 5.82 Å². The van der Waals surface area contributed by atoms with Crippen molar-refractivity contribution in [1.82, 2.24) is 15.1 Å². The van der Waals surface area contributed by atoms with Gasteiger partial charge in [0, 0.05) is 12.7 Å². The van der Waals surface area contributed by atoms with Crippen molar-refractivity contribution in [2.24, 2.45) is 0 Å². The van der Waals surface area contributed by atoms with Crippen LogP contribution in [-0.4, -0.2) is 22.2 Å². The Labute approximate surface area is 115 Å². The Morgan fingerprint density at radius 2 is 2.11 bits per heavy atom. The van der Waals surface area contributed by atoms with Crippen molar-refractivity contribution in [3.63, 3.8) is 0 Å². The van der Waals surface area contributed by atoms with Crippen molar-refractivity contribution in [1.29, 1.82) is 0 Å². The van der Waals surface area contributed by atoms with Gasteiger partial charge in [0.25, 0.3) is 0 Å². The average molecular weight is 282 g/mol. The Hall–Kier alpha value is -1.88. The predicted molar refractivity (Wildman–Crippen MR) is 70.4 cm³/mol. The molecule has 0 fully saturated rings. The second-order valence-corrected chi connectivity index (χ2v) is 4.52. The maximum absolute atomic E-state index is 12.7. The molecule has 2 rings (SSSR count). The Morgan fingerprint density at radius 1 is 1.37 bits per heavy atom. The normalized spacial score (nSPS) is 10.4. The Morgan fingerprint density at radius 3 is 2.74 bits per heavy atom. The topological polar surface area (TPSA) is 46.9 Å². The quantitative estimate of drug-likeness (QED) is 0.912. The van der Waals surface area contributed by atoms with Crippen molar-refractivity contribution < 1.29 is 9.18 Å². The van der Waals surface area contributed by atoms with Crippen LogP contribution in [0.1, 0.15) is 5.56 Å². The molecule has 0 spiro atoms. The summed E-state index contributed by atoms with van der Waals surface area (Å²) in [6.07, 6.45) is 3.72. The largest absolute Gasteiger partial charge is 0.354 e. The summed E-state index contributed by atoms with van der Waals surface area (Å²) in [5, 5.41) is 7.18. The first-order chi connectivity index (χ1) is 9.13. The number of rotatable bonds is 5. The third-order valence-corrected chi connectivity index (χ3v) is 2.75. The molecule has 1 N–H and O–H groups in total. The standard InChI is InChI=1S/C13H13ClFN3O/c14-11-7-17-18(8-11)9-13(19)16-6-5-10-1-3-12(15)4-2-10/h1-4,7-8H,5-6,9H2,(H,16,19). The molecule has 4 nitrogen and oxygen atoms in total. The van der Waals surface area contributed by atoms with Crippen LogP contribution < -0.4 is 5.32 Å². The molecule has 0 atom stereocenters. The molecule has 0 radical (unpaired) electrons. The minimum atomic E-state index is -0.261. The van der Waals surface area contributed by atoms with Gasteiger partial charge < -0.3 is 5.32 Å². The summed E-state index contributed by atoms with van der Waals surface area (Å²) in [5.74, 6) is -0.398. The van der Waals surface area contributed by atoms with Gasteiger partial charge >= 0.3 is 0 Å². The van der Waals surface area contributed by atoms with E-state index in [9.17, 15) is 9.18 Å². The molecule has 6 heteroatoms. The van der Waals surface area contributed by atoms with Crippen LogP contribution in [0.5, 0.6) is 0 Å². The van der Waals surface area contributed by atoms with E-state index in [4.69, 9.17) is 11.6 Å². The lowest BCUT2D eigenvalue weighted by Gasteiger charge is -2.05. The summed E-state index contributed by atoms with van der Waals surface area (Å²) in [7, 11) is 0. The molecular weight excluding hydrogens is 269 g/mol. The van der Waals surface area contributed by atoms with E-state index in [1.165, 1.54) is 23.0 Å². The summed E-state index contributed by atoms with van der Waals surface area (Å²) in [5.41, 5.74) is 0.976. The number of hydrogen-bond acceptors (Lipinski definition) is 2. The van der Waals surface area contributed by atoms with Gasteiger partial charge in [-0.3, -0.25) is 9.48 Å². The Bertz CT molecular complexity index is 553. The lowest BCUT2D eigenvalue weighted by Crippen LogP contribution is -2.29. The molecule has 1 aromatic carbocycles. The number of benzene rings is 1. The maximum Gasteiger partial charge on any atom is 0.241 e. The van der Waals surface area contributed by atoms with Crippen molar-refractivity contribution >= 4 is 17.5 Å². The van der Waals surface area contributed by atoms with Gasteiger partial charge in [0.15, 0.2) is 0 Å². The lowest BCUT2D eigenvalue weighted by molar-refractivity contribution is -0.121. The van der Waals surface area contributed by atoms with Crippen LogP contribution in [0.25, 0.3) is 0 Å². The molecule has 1 aromatic heterocycles. The van der Waals surface area contributed by atoms with Gasteiger partial charge in [0.1, 0.15) is 12.4 Å². The zero-order valence-corrected chi connectivity index (χ0v) is 10.9. The second kappa shape index (κ2) is 6.33. The van der Waals surface area contributed by atoms with Crippen LogP contribution in [0.15, 0.2) is 36.7 Å². The molecule has 0 bridgehead atoms. The number of carbonyl (C=O) groups excluding carboxylic acids is 1. The van der Waals surface area contributed by atoms with E-state index >= 15 is 0 Å². The monoisotopic (exact) mass is 281 g/mol. The Kier molecular flexibility index (Phi) is 4.52. The lowest BCUT2D eigenvalue weighted by atomic mass is 10.1. The van der Waals surface area contributed by atoms with Gasteiger partial charge in [-0.2, -0.15) is 5.10 Å². The number of carbonyl (C=O) groups is 1. The molecule has 19 heavy (non-hydrogen) atoms. The van der Waals surface area contributed by atoms with E-state index in [0.717, 1.165) is 5.56 Å². The van der Waals surface area contributed by atoms with Crippen LogP contribution >= 0.6 is 11.6 Å². The van der Waals surface area contributed by atoms with Crippen molar-refractivity contribution in [3.05, 3.63) is 53.1 Å². The number of nitrogens with one attached hydrogen (secondary N) is 1. The molecule has 1 amide bonds. The molecule has 0 saturated carbocycles. The SMILES string of the molecule is O=C(Cn1cc(Cl)cn1)NCCc1ccc(F)cc1. The van der Waals surface area contributed by atoms with Gasteiger partial charge in [-0.05, 0) is 24.1 Å². The number of amides is 1. The zero-order chi connectivity index (χ0) is 13.7. The fourth-order valence-electron chi connectivity index (χ4n) is 1.63. The van der Waals surface area contributed by atoms with Crippen LogP contribution in [0.2, 0.25) is 5.02 Å². The third-order valence-electron chi connectivity index (χ3n) is 2.56. The van der Waals surface area contributed by atoms with E-state index in [1.54, 1.807) is 18.3 Å². The smallest absolute Gasteiger partial charge is 0.241 e. The van der Waals surface area contributed by atoms with E-state index < -0.39 is 0 Å². The summed E-state index contributed by atoms with van der Waals surface area (Å²) in [6.45, 7) is 0.635. The highest BCUT2D eigenvalue weighted by molar-refractivity contribution is 6.30. The molecule has 1 heterocycles. The molecule has 100 valence electrons. The number of halogens is 2. The summed E-state index contributed by atoms with van der Waals surface area (Å²) in [6, 6.07) is 6.22. The predicted octanol–water partition coefficient (Wildman–Crippen LogP) is 2.03. The van der Waals surface area contributed by atoms with E-state index in [0.29, 0.717) is 18.0 Å². The van der Waals surface area contributed by atoms with E-state index in [-0.39, 0.29) is 18.3 Å². The second-order valence-electron chi connectivity index (χ2n) is 4.08. The van der Waals surface area contributed by atoms with E-state index in [1.807, 2.05) is 0 Å². The number of hydrogen-bond donors (Lipinski definition) is 1. The fraction of sp³-hybridized carbons (Fsp3) is 0.231. The van der Waals surface area contributed by atoms with Crippen molar-refractivity contribution in [2.75, 3.05) is 6.54 Å². The molecule has 0 aliphatic carbocycles. The minimum Gasteiger partial charge on any atom is -0.354 e. The molecular formula is C13H13ClFN3O. The van der Waals surface area contributed by atoms with Gasteiger partial charge in [0.2, 0.25) is 5.91 Å². The first-order valence-electron chi connectivity index (χ1n) is 5.82. The average Bonchev–Trinajstić information content (AvgIpc) is 2.77. The highest BCUT2D eigenvalue weighted by Crippen LogP contribution is 2.04. The van der Waals surface area contributed by atoms with Gasteiger partial charge in [-0.1, -0.05) is 23.7 Å². The third kappa shape index (κ3) is 4.37. The molecule has 0 aliphatic heterocycles. The summed E-state index contributed by atoms with van der Waals surface area (Å²) in [4.78, 5) is 11.6. The van der Waals surface area contributed by atoms with Gasteiger partial charge in [0.05, 0.1) is 11.2 Å². The van der Waals surface area contributed by atoms with Crippen LogP contribution in [0.3, 0.4) is 0 Å². The van der Waals surface area contributed by atoms with E-state index in [2.05, 4.69) is 10.4 Å². The van der Waals surface area contributed by atoms with Crippen molar-refractivity contribution in [2.45, 2.75) is 13.0 Å². The highest BCUT2D eigenvalue weighted by Gasteiger charge is 2.03. The number of aromatic nitrogens is 2. The molecule has 0 unspecified atom stereocenters. The maximum atomic E-state index is 12.7. The molecule has 0 saturated heterocycles. The van der Waals surface area contributed by atoms with Gasteiger partial charge in [-0.15, -0.1) is 0 Å². The summed E-state index contributed by atoms with van der Waals surface area (Å²) < 4.78 is 14.2. The first-order valence-corrected chi connectivity index (χ1v) is 6.20. The van der Waals surface area contributed by atoms with Crippen LogP contribution in [-0.2, 0) is 17.8 Å². The molecule has 2 aromatic rings. The summed E-state index contributed by atoms with van der Waals surface area (Å²) >= 11 is 5.70. The number of nitrogens with zero attached hydrogens (tertiary/aromatic N) is 2. The Balaban J connectivity index is 1.73. The van der Waals surface area contributed by atoms with Gasteiger partial charge in [-0.25, -0.2) is 4.39 Å². The fourth-order valence-corrected chi connectivity index (χ4v) is 1.78. The highest BCUT2D eigenvalue weighted by atomic mass is 35.5. The zero-order valence-electron chi connectivity index (χ0n) is 10.1. The first kappa shape index (κ1) is 13.5. The minimum absolute atomic E-state index is 0.135. The molecule has 0 aliphatic rings. The van der Waals surface area contributed by atoms with Crippen LogP contribution in [0.4, 0.5) is 4.39 Å². The van der Waals surface area contributed by atoms with Crippen molar-refractivity contribution in [3.8, 4) is 0 Å².